The van der Waals surface area contributed by atoms with Crippen LogP contribution in [0.15, 0.2) is 30.5 Å². The van der Waals surface area contributed by atoms with Gasteiger partial charge in [0, 0.05) is 55.7 Å². The Bertz CT molecular complexity index is 1060. The minimum Gasteiger partial charge on any atom is -0.337 e. The maximum Gasteiger partial charge on any atom is 0.257 e. The summed E-state index contributed by atoms with van der Waals surface area (Å²) in [6.45, 7) is 8.13. The number of aryl methyl sites for hydroxylation is 1. The highest BCUT2D eigenvalue weighted by Gasteiger charge is 2.36. The highest BCUT2D eigenvalue weighted by Crippen LogP contribution is 2.31. The maximum absolute atomic E-state index is 14.5. The van der Waals surface area contributed by atoms with E-state index in [9.17, 15) is 18.4 Å². The lowest BCUT2D eigenvalue weighted by molar-refractivity contribution is -0.140. The number of benzene rings is 1. The van der Waals surface area contributed by atoms with Crippen molar-refractivity contribution in [3.8, 4) is 0 Å². The molecule has 2 aromatic rings. The monoisotopic (exact) mass is 470 g/mol. The summed E-state index contributed by atoms with van der Waals surface area (Å²) in [6.07, 6.45) is 2.08. The van der Waals surface area contributed by atoms with Gasteiger partial charge in [0.05, 0.1) is 5.56 Å². The fraction of sp³-hybridized carbons (Fsp3) is 0.500. The zero-order valence-corrected chi connectivity index (χ0v) is 20.0. The summed E-state index contributed by atoms with van der Waals surface area (Å²) >= 11 is 0. The molecule has 0 bridgehead atoms. The van der Waals surface area contributed by atoms with E-state index in [1.165, 1.54) is 18.3 Å². The van der Waals surface area contributed by atoms with Crippen LogP contribution in [0.1, 0.15) is 53.4 Å². The molecular formula is C26H32F2N4O2. The van der Waals surface area contributed by atoms with Gasteiger partial charge in [0.2, 0.25) is 5.91 Å². The van der Waals surface area contributed by atoms with Gasteiger partial charge in [-0.05, 0) is 75.4 Å². The maximum atomic E-state index is 14.5. The molecule has 1 saturated carbocycles. The van der Waals surface area contributed by atoms with E-state index in [1.54, 1.807) is 12.1 Å². The summed E-state index contributed by atoms with van der Waals surface area (Å²) in [5.41, 5.74) is 3.25. The van der Waals surface area contributed by atoms with Crippen LogP contribution < -0.4 is 5.32 Å². The normalized spacial score (nSPS) is 23.2. The number of piperazine rings is 1. The first-order valence-electron chi connectivity index (χ1n) is 11.9. The van der Waals surface area contributed by atoms with Crippen LogP contribution in [0.3, 0.4) is 0 Å². The van der Waals surface area contributed by atoms with E-state index >= 15 is 0 Å². The average Bonchev–Trinajstić information content (AvgIpc) is 3.23. The van der Waals surface area contributed by atoms with Gasteiger partial charge in [0.1, 0.15) is 12.0 Å². The second-order valence-corrected chi connectivity index (χ2v) is 9.60. The molecule has 2 aliphatic rings. The molecule has 1 aromatic carbocycles. The molecule has 182 valence electrons. The molecule has 3 atom stereocenters. The fourth-order valence-electron chi connectivity index (χ4n) is 4.96. The molecule has 1 aromatic heterocycles. The minimum absolute atomic E-state index is 0.00184. The second-order valence-electron chi connectivity index (χ2n) is 9.60. The van der Waals surface area contributed by atoms with Gasteiger partial charge in [-0.25, -0.2) is 8.78 Å². The average molecular weight is 471 g/mol. The molecule has 0 spiro atoms. The first kappa shape index (κ1) is 24.3. The Kier molecular flexibility index (Phi) is 7.26. The zero-order valence-electron chi connectivity index (χ0n) is 20.0. The first-order chi connectivity index (χ1) is 16.2. The van der Waals surface area contributed by atoms with E-state index in [2.05, 4.69) is 15.2 Å². The van der Waals surface area contributed by atoms with Crippen molar-refractivity contribution in [2.75, 3.05) is 25.0 Å². The van der Waals surface area contributed by atoms with Crippen LogP contribution in [-0.4, -0.2) is 58.4 Å². The van der Waals surface area contributed by atoms with E-state index in [4.69, 9.17) is 0 Å². The number of aromatic nitrogens is 1. The van der Waals surface area contributed by atoms with Crippen molar-refractivity contribution in [2.24, 2.45) is 5.92 Å². The largest absolute Gasteiger partial charge is 0.337 e. The SMILES string of the molecule is Cc1ccc(C(=O)Nc2cc(F)cc(CN3CCN(C(=O)C4CCC(F)C4)C(C)C3)c2C)cn1. The van der Waals surface area contributed by atoms with Gasteiger partial charge >= 0.3 is 0 Å². The Morgan fingerprint density at radius 3 is 2.62 bits per heavy atom. The third-order valence-corrected chi connectivity index (χ3v) is 7.01. The molecule has 2 fully saturated rings. The number of carbonyl (C=O) groups excluding carboxylic acids is 2. The summed E-state index contributed by atoms with van der Waals surface area (Å²) in [4.78, 5) is 33.7. The molecule has 1 N–H and O–H groups in total. The number of amides is 2. The Balaban J connectivity index is 1.41. The van der Waals surface area contributed by atoms with Gasteiger partial charge in [0.15, 0.2) is 0 Å². The minimum atomic E-state index is -0.863. The molecule has 34 heavy (non-hydrogen) atoms. The number of carbonyl (C=O) groups is 2. The highest BCUT2D eigenvalue weighted by atomic mass is 19.1. The van der Waals surface area contributed by atoms with Crippen LogP contribution in [-0.2, 0) is 11.3 Å². The van der Waals surface area contributed by atoms with E-state index < -0.39 is 12.0 Å². The fourth-order valence-corrected chi connectivity index (χ4v) is 4.96. The molecule has 3 unspecified atom stereocenters. The Hall–Kier alpha value is -2.87. The number of hydrogen-bond donors (Lipinski definition) is 1. The lowest BCUT2D eigenvalue weighted by Crippen LogP contribution is -2.54. The van der Waals surface area contributed by atoms with Crippen LogP contribution in [0.5, 0.6) is 0 Å². The molecular weight excluding hydrogens is 438 g/mol. The van der Waals surface area contributed by atoms with Crippen molar-refractivity contribution in [1.82, 2.24) is 14.8 Å². The van der Waals surface area contributed by atoms with Gasteiger partial charge in [-0.1, -0.05) is 0 Å². The molecule has 2 amide bonds. The van der Waals surface area contributed by atoms with Gasteiger partial charge in [0.25, 0.3) is 5.91 Å². The number of anilines is 1. The van der Waals surface area contributed by atoms with Gasteiger partial charge < -0.3 is 10.2 Å². The third kappa shape index (κ3) is 5.43. The number of nitrogens with zero attached hydrogens (tertiary/aromatic N) is 3. The number of rotatable bonds is 5. The molecule has 1 aliphatic heterocycles. The third-order valence-electron chi connectivity index (χ3n) is 7.01. The van der Waals surface area contributed by atoms with Gasteiger partial charge in [-0.2, -0.15) is 0 Å². The molecule has 2 heterocycles. The summed E-state index contributed by atoms with van der Waals surface area (Å²) in [5.74, 6) is -0.897. The van der Waals surface area contributed by atoms with Crippen LogP contribution in [0.25, 0.3) is 0 Å². The number of alkyl halides is 1. The highest BCUT2D eigenvalue weighted by molar-refractivity contribution is 6.04. The Morgan fingerprint density at radius 2 is 1.97 bits per heavy atom. The standard InChI is InChI=1S/C26H32F2N4O2/c1-16-4-5-20(13-29-16)25(33)30-24-12-23(28)11-21(18(24)3)15-31-8-9-32(17(2)14-31)26(34)19-6-7-22(27)10-19/h4-5,11-13,17,19,22H,6-10,14-15H2,1-3H3,(H,30,33). The molecule has 0 radical (unpaired) electrons. The van der Waals surface area contributed by atoms with Crippen molar-refractivity contribution >= 4 is 17.5 Å². The van der Waals surface area contributed by atoms with E-state index in [0.717, 1.165) is 16.8 Å². The summed E-state index contributed by atoms with van der Waals surface area (Å²) in [7, 11) is 0. The molecule has 4 rings (SSSR count). The Morgan fingerprint density at radius 1 is 1.18 bits per heavy atom. The zero-order chi connectivity index (χ0) is 24.4. The van der Waals surface area contributed by atoms with E-state index in [-0.39, 0.29) is 23.8 Å². The van der Waals surface area contributed by atoms with E-state index in [0.29, 0.717) is 56.7 Å². The lowest BCUT2D eigenvalue weighted by Gasteiger charge is -2.41. The quantitative estimate of drug-likeness (QED) is 0.709. The van der Waals surface area contributed by atoms with Crippen molar-refractivity contribution < 1.29 is 18.4 Å². The topological polar surface area (TPSA) is 65.5 Å². The van der Waals surface area contributed by atoms with Crippen molar-refractivity contribution in [3.63, 3.8) is 0 Å². The molecule has 8 heteroatoms. The van der Waals surface area contributed by atoms with Crippen LogP contribution in [0.2, 0.25) is 0 Å². The first-order valence-corrected chi connectivity index (χ1v) is 11.9. The number of hydrogen-bond acceptors (Lipinski definition) is 4. The molecule has 1 saturated heterocycles. The number of pyridine rings is 1. The predicted molar refractivity (Wildman–Crippen MR) is 127 cm³/mol. The summed E-state index contributed by atoms with van der Waals surface area (Å²) in [6, 6.07) is 6.28. The van der Waals surface area contributed by atoms with Gasteiger partial charge in [-0.3, -0.25) is 19.5 Å². The molecule has 1 aliphatic carbocycles. The summed E-state index contributed by atoms with van der Waals surface area (Å²) in [5, 5.41) is 2.81. The lowest BCUT2D eigenvalue weighted by atomic mass is 10.0. The smallest absolute Gasteiger partial charge is 0.257 e. The Labute approximate surface area is 199 Å². The van der Waals surface area contributed by atoms with Crippen molar-refractivity contribution in [2.45, 2.75) is 58.8 Å². The second kappa shape index (κ2) is 10.2. The summed E-state index contributed by atoms with van der Waals surface area (Å²) < 4.78 is 28.0. The predicted octanol–water partition coefficient (Wildman–Crippen LogP) is 4.26. The van der Waals surface area contributed by atoms with E-state index in [1.807, 2.05) is 25.7 Å². The van der Waals surface area contributed by atoms with Crippen LogP contribution >= 0.6 is 0 Å². The van der Waals surface area contributed by atoms with Crippen molar-refractivity contribution in [1.29, 1.82) is 0 Å². The van der Waals surface area contributed by atoms with Crippen LogP contribution in [0, 0.1) is 25.6 Å². The van der Waals surface area contributed by atoms with Gasteiger partial charge in [-0.15, -0.1) is 0 Å². The van der Waals surface area contributed by atoms with Crippen molar-refractivity contribution in [3.05, 3.63) is 58.7 Å². The van der Waals surface area contributed by atoms with Crippen LogP contribution in [0.4, 0.5) is 14.5 Å². The number of nitrogens with one attached hydrogen (secondary N) is 1. The molecule has 6 nitrogen and oxygen atoms in total. The number of halogens is 2.